The molecule has 1 saturated carbocycles. The molecule has 1 aliphatic carbocycles. The molecule has 0 N–H and O–H groups in total. The summed E-state index contributed by atoms with van der Waals surface area (Å²) in [6, 6.07) is 9.40. The average Bonchev–Trinajstić information content (AvgIpc) is 2.50. The Morgan fingerprint density at radius 1 is 1.00 bits per heavy atom. The predicted molar refractivity (Wildman–Crippen MR) is 96.3 cm³/mol. The Morgan fingerprint density at radius 2 is 1.60 bits per heavy atom. The van der Waals surface area contributed by atoms with Gasteiger partial charge in [-0.3, -0.25) is 0 Å². The van der Waals surface area contributed by atoms with Gasteiger partial charge in [0, 0.05) is 0 Å². The van der Waals surface area contributed by atoms with Crippen LogP contribution in [0, 0.1) is 11.8 Å². The Morgan fingerprint density at radius 3 is 2.15 bits per heavy atom. The van der Waals surface area contributed by atoms with Crippen LogP contribution >= 0.6 is 25.3 Å². The summed E-state index contributed by atoms with van der Waals surface area (Å²) in [5.41, 5.74) is 3.02. The lowest BCUT2D eigenvalue weighted by molar-refractivity contribution is 0.348. The van der Waals surface area contributed by atoms with Crippen LogP contribution in [0.4, 0.5) is 0 Å². The van der Waals surface area contributed by atoms with Gasteiger partial charge in [0.05, 0.1) is 0 Å². The van der Waals surface area contributed by atoms with Gasteiger partial charge < -0.3 is 0 Å². The standard InChI is InChI=1S/C18H28S2/c1-14-2-8-17(9-3-14)18-10-6-15(7-11-18)4-5-16(12-19)13-20/h6-7,10-11,14,16-17,19-20H,2-5,8-9,12-13H2,1H3. The van der Waals surface area contributed by atoms with Crippen molar-refractivity contribution in [1.82, 2.24) is 0 Å². The first-order valence-corrected chi connectivity index (χ1v) is 9.30. The lowest BCUT2D eigenvalue weighted by Gasteiger charge is -2.26. The molecule has 0 radical (unpaired) electrons. The summed E-state index contributed by atoms with van der Waals surface area (Å²) in [6.45, 7) is 2.39. The molecule has 0 nitrogen and oxygen atoms in total. The lowest BCUT2D eigenvalue weighted by Crippen LogP contribution is -2.10. The minimum Gasteiger partial charge on any atom is -0.179 e. The van der Waals surface area contributed by atoms with Crippen molar-refractivity contribution in [1.29, 1.82) is 0 Å². The van der Waals surface area contributed by atoms with Gasteiger partial charge in [0.15, 0.2) is 0 Å². The molecule has 0 aliphatic heterocycles. The van der Waals surface area contributed by atoms with Crippen molar-refractivity contribution in [2.75, 3.05) is 11.5 Å². The maximum atomic E-state index is 4.39. The quantitative estimate of drug-likeness (QED) is 0.647. The highest BCUT2D eigenvalue weighted by Gasteiger charge is 2.19. The van der Waals surface area contributed by atoms with E-state index < -0.39 is 0 Å². The van der Waals surface area contributed by atoms with Crippen molar-refractivity contribution in [3.8, 4) is 0 Å². The Hall–Kier alpha value is -0.0800. The van der Waals surface area contributed by atoms with E-state index >= 15 is 0 Å². The zero-order valence-corrected chi connectivity index (χ0v) is 14.4. The van der Waals surface area contributed by atoms with Crippen molar-refractivity contribution >= 4 is 25.3 Å². The Labute approximate surface area is 135 Å². The molecule has 1 aromatic rings. The van der Waals surface area contributed by atoms with Crippen LogP contribution in [-0.2, 0) is 6.42 Å². The topological polar surface area (TPSA) is 0 Å². The number of hydrogen-bond donors (Lipinski definition) is 2. The number of aryl methyl sites for hydroxylation is 1. The average molecular weight is 309 g/mol. The Kier molecular flexibility index (Phi) is 6.83. The van der Waals surface area contributed by atoms with Gasteiger partial charge in [0.1, 0.15) is 0 Å². The molecule has 0 saturated heterocycles. The van der Waals surface area contributed by atoms with Gasteiger partial charge in [-0.15, -0.1) is 0 Å². The van der Waals surface area contributed by atoms with Gasteiger partial charge in [-0.2, -0.15) is 25.3 Å². The first kappa shape index (κ1) is 16.3. The molecule has 0 amide bonds. The van der Waals surface area contributed by atoms with E-state index in [1.54, 1.807) is 5.56 Å². The van der Waals surface area contributed by atoms with E-state index in [0.29, 0.717) is 5.92 Å². The van der Waals surface area contributed by atoms with Gasteiger partial charge in [0.2, 0.25) is 0 Å². The fourth-order valence-corrected chi connectivity index (χ4v) is 3.99. The van der Waals surface area contributed by atoms with Crippen LogP contribution in [0.3, 0.4) is 0 Å². The highest BCUT2D eigenvalue weighted by molar-refractivity contribution is 7.81. The number of rotatable bonds is 6. The summed E-state index contributed by atoms with van der Waals surface area (Å²) in [4.78, 5) is 0. The highest BCUT2D eigenvalue weighted by atomic mass is 32.1. The molecule has 0 unspecified atom stereocenters. The summed E-state index contributed by atoms with van der Waals surface area (Å²) in [5.74, 6) is 4.28. The number of benzene rings is 1. The second-order valence-corrected chi connectivity index (χ2v) is 7.20. The fraction of sp³-hybridized carbons (Fsp3) is 0.667. The largest absolute Gasteiger partial charge is 0.179 e. The second kappa shape index (κ2) is 8.38. The SMILES string of the molecule is CC1CCC(c2ccc(CCC(CS)CS)cc2)CC1. The summed E-state index contributed by atoms with van der Waals surface area (Å²) >= 11 is 8.77. The maximum Gasteiger partial charge on any atom is -0.00616 e. The fourth-order valence-electron chi connectivity index (χ4n) is 3.16. The molecule has 0 heterocycles. The Bertz CT molecular complexity index is 373. The van der Waals surface area contributed by atoms with Gasteiger partial charge in [-0.25, -0.2) is 0 Å². The molecule has 1 aromatic carbocycles. The van der Waals surface area contributed by atoms with E-state index in [1.807, 2.05) is 0 Å². The van der Waals surface area contributed by atoms with Gasteiger partial charge in [0.25, 0.3) is 0 Å². The molecule has 112 valence electrons. The molecule has 0 atom stereocenters. The van der Waals surface area contributed by atoms with Crippen molar-refractivity contribution in [3.05, 3.63) is 35.4 Å². The van der Waals surface area contributed by atoms with E-state index in [4.69, 9.17) is 0 Å². The van der Waals surface area contributed by atoms with Crippen LogP contribution in [0.15, 0.2) is 24.3 Å². The summed E-state index contributed by atoms with van der Waals surface area (Å²) < 4.78 is 0. The van der Waals surface area contributed by atoms with E-state index in [-0.39, 0.29) is 0 Å². The van der Waals surface area contributed by atoms with E-state index in [9.17, 15) is 0 Å². The van der Waals surface area contributed by atoms with Gasteiger partial charge in [-0.1, -0.05) is 44.0 Å². The van der Waals surface area contributed by atoms with Gasteiger partial charge in [-0.05, 0) is 66.1 Å². The Balaban J connectivity index is 1.86. The smallest absolute Gasteiger partial charge is 0.00616 e. The zero-order valence-electron chi connectivity index (χ0n) is 12.6. The van der Waals surface area contributed by atoms with Crippen molar-refractivity contribution in [2.45, 2.75) is 51.4 Å². The highest BCUT2D eigenvalue weighted by Crippen LogP contribution is 2.35. The lowest BCUT2D eigenvalue weighted by atomic mass is 9.79. The maximum absolute atomic E-state index is 4.39. The molecule has 1 aliphatic rings. The summed E-state index contributed by atoms with van der Waals surface area (Å²) in [6.07, 6.45) is 7.92. The van der Waals surface area contributed by atoms with E-state index in [2.05, 4.69) is 56.4 Å². The van der Waals surface area contributed by atoms with Crippen molar-refractivity contribution in [2.24, 2.45) is 11.8 Å². The molecule has 2 rings (SSSR count). The normalized spacial score (nSPS) is 23.2. The molecule has 0 spiro atoms. The minimum atomic E-state index is 0.640. The summed E-state index contributed by atoms with van der Waals surface area (Å²) in [5, 5.41) is 0. The van der Waals surface area contributed by atoms with Crippen molar-refractivity contribution in [3.63, 3.8) is 0 Å². The third kappa shape index (κ3) is 4.73. The van der Waals surface area contributed by atoms with Crippen LogP contribution in [0.1, 0.15) is 56.1 Å². The van der Waals surface area contributed by atoms with E-state index in [1.165, 1.54) is 37.7 Å². The first-order valence-electron chi connectivity index (χ1n) is 8.03. The van der Waals surface area contributed by atoms with Crippen molar-refractivity contribution < 1.29 is 0 Å². The van der Waals surface area contributed by atoms with Crippen LogP contribution in [0.5, 0.6) is 0 Å². The molecule has 2 heteroatoms. The molecular weight excluding hydrogens is 280 g/mol. The molecule has 20 heavy (non-hydrogen) atoms. The third-order valence-electron chi connectivity index (χ3n) is 4.82. The zero-order chi connectivity index (χ0) is 14.4. The summed E-state index contributed by atoms with van der Waals surface area (Å²) in [7, 11) is 0. The predicted octanol–water partition coefficient (Wildman–Crippen LogP) is 5.39. The molecular formula is C18H28S2. The van der Waals surface area contributed by atoms with Crippen LogP contribution in [0.25, 0.3) is 0 Å². The van der Waals surface area contributed by atoms with Gasteiger partial charge >= 0.3 is 0 Å². The monoisotopic (exact) mass is 308 g/mol. The van der Waals surface area contributed by atoms with Crippen LogP contribution in [-0.4, -0.2) is 11.5 Å². The van der Waals surface area contributed by atoms with E-state index in [0.717, 1.165) is 29.8 Å². The second-order valence-electron chi connectivity index (χ2n) is 6.47. The molecule has 0 aromatic heterocycles. The first-order chi connectivity index (χ1) is 9.72. The number of hydrogen-bond acceptors (Lipinski definition) is 2. The third-order valence-corrected chi connectivity index (χ3v) is 5.86. The minimum absolute atomic E-state index is 0.640. The molecule has 0 bridgehead atoms. The molecule has 1 fully saturated rings. The van der Waals surface area contributed by atoms with Crippen LogP contribution in [0.2, 0.25) is 0 Å². The van der Waals surface area contributed by atoms with Crippen LogP contribution < -0.4 is 0 Å². The number of thiol groups is 2.